The van der Waals surface area contributed by atoms with Crippen LogP contribution in [0.2, 0.25) is 0 Å². The van der Waals surface area contributed by atoms with Crippen LogP contribution in [-0.4, -0.2) is 26.7 Å². The maximum Gasteiger partial charge on any atom is 0.0965 e. The monoisotopic (exact) mass is 274 g/mol. The fourth-order valence-electron chi connectivity index (χ4n) is 2.08. The molecule has 1 atom stereocenters. The Morgan fingerprint density at radius 3 is 3.00 bits per heavy atom. The molecule has 108 valence electrons. The standard InChI is InChI=1S/C15H22N4O/c1-12-5-3-6-14(9-12)13(2)16-10-15-11-19(18-17-15)7-4-8-20/h3,5-6,9,11,13,16,20H,4,7-8,10H2,1-2H3/t13-/m0/s1. The third kappa shape index (κ3) is 4.15. The largest absolute Gasteiger partial charge is 0.396 e. The molecule has 0 aliphatic carbocycles. The van der Waals surface area contributed by atoms with Gasteiger partial charge in [-0.2, -0.15) is 0 Å². The summed E-state index contributed by atoms with van der Waals surface area (Å²) in [5.74, 6) is 0. The van der Waals surface area contributed by atoms with Gasteiger partial charge in [-0.3, -0.25) is 4.68 Å². The summed E-state index contributed by atoms with van der Waals surface area (Å²) in [6.45, 7) is 5.82. The van der Waals surface area contributed by atoms with Gasteiger partial charge in [0.15, 0.2) is 0 Å². The number of aryl methyl sites for hydroxylation is 2. The predicted octanol–water partition coefficient (Wildman–Crippen LogP) is 1.82. The molecular formula is C15H22N4O. The first-order valence-corrected chi connectivity index (χ1v) is 6.99. The molecule has 0 bridgehead atoms. The number of aliphatic hydroxyl groups is 1. The highest BCUT2D eigenvalue weighted by Gasteiger charge is 2.06. The van der Waals surface area contributed by atoms with Crippen molar-refractivity contribution in [3.05, 3.63) is 47.3 Å². The van der Waals surface area contributed by atoms with E-state index in [1.54, 1.807) is 4.68 Å². The van der Waals surface area contributed by atoms with Crippen LogP contribution in [0.5, 0.6) is 0 Å². The molecule has 0 spiro atoms. The van der Waals surface area contributed by atoms with Crippen LogP contribution >= 0.6 is 0 Å². The Kier molecular flexibility index (Phi) is 5.26. The van der Waals surface area contributed by atoms with Crippen LogP contribution in [-0.2, 0) is 13.1 Å². The number of nitrogens with one attached hydrogen (secondary N) is 1. The normalized spacial score (nSPS) is 12.6. The first kappa shape index (κ1) is 14.7. The summed E-state index contributed by atoms with van der Waals surface area (Å²) in [6.07, 6.45) is 2.63. The third-order valence-electron chi connectivity index (χ3n) is 3.26. The van der Waals surface area contributed by atoms with Crippen LogP contribution in [0, 0.1) is 6.92 Å². The van der Waals surface area contributed by atoms with Crippen molar-refractivity contribution in [3.63, 3.8) is 0 Å². The SMILES string of the molecule is Cc1cccc([C@H](C)NCc2cn(CCCO)nn2)c1. The molecule has 1 aromatic heterocycles. The molecule has 0 fully saturated rings. The smallest absolute Gasteiger partial charge is 0.0965 e. The van der Waals surface area contributed by atoms with Gasteiger partial charge in [-0.1, -0.05) is 35.0 Å². The molecule has 5 nitrogen and oxygen atoms in total. The lowest BCUT2D eigenvalue weighted by molar-refractivity contribution is 0.276. The lowest BCUT2D eigenvalue weighted by Gasteiger charge is -2.13. The molecule has 0 aliphatic heterocycles. The molecule has 5 heteroatoms. The van der Waals surface area contributed by atoms with Crippen molar-refractivity contribution in [2.75, 3.05) is 6.61 Å². The first-order valence-electron chi connectivity index (χ1n) is 6.99. The van der Waals surface area contributed by atoms with Crippen LogP contribution in [0.4, 0.5) is 0 Å². The summed E-state index contributed by atoms with van der Waals surface area (Å²) >= 11 is 0. The molecule has 1 aromatic carbocycles. The molecule has 0 amide bonds. The van der Waals surface area contributed by atoms with Crippen LogP contribution in [0.15, 0.2) is 30.5 Å². The Bertz CT molecular complexity index is 538. The van der Waals surface area contributed by atoms with Crippen molar-refractivity contribution in [3.8, 4) is 0 Å². The summed E-state index contributed by atoms with van der Waals surface area (Å²) in [5, 5.41) is 20.4. The summed E-state index contributed by atoms with van der Waals surface area (Å²) in [7, 11) is 0. The fraction of sp³-hybridized carbons (Fsp3) is 0.467. The van der Waals surface area contributed by atoms with E-state index in [9.17, 15) is 0 Å². The van der Waals surface area contributed by atoms with Crippen molar-refractivity contribution in [1.82, 2.24) is 20.3 Å². The van der Waals surface area contributed by atoms with Gasteiger partial charge < -0.3 is 10.4 Å². The second-order valence-corrected chi connectivity index (χ2v) is 5.07. The quantitative estimate of drug-likeness (QED) is 0.808. The molecule has 0 unspecified atom stereocenters. The molecule has 0 aliphatic rings. The second kappa shape index (κ2) is 7.17. The highest BCUT2D eigenvalue weighted by molar-refractivity contribution is 5.24. The molecule has 20 heavy (non-hydrogen) atoms. The van der Waals surface area contributed by atoms with E-state index < -0.39 is 0 Å². The van der Waals surface area contributed by atoms with Gasteiger partial charge in [0.1, 0.15) is 0 Å². The fourth-order valence-corrected chi connectivity index (χ4v) is 2.08. The number of benzene rings is 1. The van der Waals surface area contributed by atoms with E-state index in [2.05, 4.69) is 53.7 Å². The maximum absolute atomic E-state index is 8.79. The number of hydrogen-bond donors (Lipinski definition) is 2. The Labute approximate surface area is 119 Å². The van der Waals surface area contributed by atoms with E-state index in [1.807, 2.05) is 6.20 Å². The highest BCUT2D eigenvalue weighted by Crippen LogP contribution is 2.14. The molecule has 0 saturated heterocycles. The van der Waals surface area contributed by atoms with E-state index >= 15 is 0 Å². The zero-order chi connectivity index (χ0) is 14.4. The lowest BCUT2D eigenvalue weighted by atomic mass is 10.1. The number of aromatic nitrogens is 3. The van der Waals surface area contributed by atoms with Gasteiger partial charge in [-0.05, 0) is 25.8 Å². The highest BCUT2D eigenvalue weighted by atomic mass is 16.3. The van der Waals surface area contributed by atoms with Crippen molar-refractivity contribution >= 4 is 0 Å². The van der Waals surface area contributed by atoms with E-state index in [0.29, 0.717) is 19.5 Å². The van der Waals surface area contributed by atoms with Crippen molar-refractivity contribution in [1.29, 1.82) is 0 Å². The van der Waals surface area contributed by atoms with E-state index in [4.69, 9.17) is 5.11 Å². The number of rotatable bonds is 7. The van der Waals surface area contributed by atoms with Crippen molar-refractivity contribution in [2.24, 2.45) is 0 Å². The second-order valence-electron chi connectivity index (χ2n) is 5.07. The van der Waals surface area contributed by atoms with Gasteiger partial charge in [0.05, 0.1) is 5.69 Å². The minimum Gasteiger partial charge on any atom is -0.396 e. The number of hydrogen-bond acceptors (Lipinski definition) is 4. The van der Waals surface area contributed by atoms with Gasteiger partial charge in [0.2, 0.25) is 0 Å². The summed E-state index contributed by atoms with van der Waals surface area (Å²) in [4.78, 5) is 0. The van der Waals surface area contributed by atoms with Crippen molar-refractivity contribution < 1.29 is 5.11 Å². The molecule has 2 N–H and O–H groups in total. The van der Waals surface area contributed by atoms with Crippen LogP contribution < -0.4 is 5.32 Å². The number of nitrogens with zero attached hydrogens (tertiary/aromatic N) is 3. The van der Waals surface area contributed by atoms with Crippen LogP contribution in [0.3, 0.4) is 0 Å². The Morgan fingerprint density at radius 2 is 2.25 bits per heavy atom. The summed E-state index contributed by atoms with van der Waals surface area (Å²) in [6, 6.07) is 8.77. The molecule has 2 rings (SSSR count). The van der Waals surface area contributed by atoms with Gasteiger partial charge in [0, 0.05) is 31.9 Å². The first-order chi connectivity index (χ1) is 9.69. The molecule has 0 radical (unpaired) electrons. The Morgan fingerprint density at radius 1 is 1.40 bits per heavy atom. The minimum absolute atomic E-state index is 0.178. The zero-order valence-corrected chi connectivity index (χ0v) is 12.1. The average Bonchev–Trinajstić information content (AvgIpc) is 2.90. The molecule has 1 heterocycles. The molecule has 2 aromatic rings. The summed E-state index contributed by atoms with van der Waals surface area (Å²) < 4.78 is 1.77. The Hall–Kier alpha value is -1.72. The van der Waals surface area contributed by atoms with E-state index in [1.165, 1.54) is 11.1 Å². The zero-order valence-electron chi connectivity index (χ0n) is 12.1. The maximum atomic E-state index is 8.79. The average molecular weight is 274 g/mol. The number of aliphatic hydroxyl groups excluding tert-OH is 1. The summed E-state index contributed by atoms with van der Waals surface area (Å²) in [5.41, 5.74) is 3.46. The van der Waals surface area contributed by atoms with Crippen LogP contribution in [0.1, 0.15) is 36.2 Å². The van der Waals surface area contributed by atoms with E-state index in [-0.39, 0.29) is 12.6 Å². The van der Waals surface area contributed by atoms with Gasteiger partial charge in [0.25, 0.3) is 0 Å². The molecular weight excluding hydrogens is 252 g/mol. The third-order valence-corrected chi connectivity index (χ3v) is 3.26. The van der Waals surface area contributed by atoms with Gasteiger partial charge in [-0.15, -0.1) is 5.10 Å². The Balaban J connectivity index is 1.86. The van der Waals surface area contributed by atoms with Crippen LogP contribution in [0.25, 0.3) is 0 Å². The lowest BCUT2D eigenvalue weighted by Crippen LogP contribution is -2.18. The predicted molar refractivity (Wildman–Crippen MR) is 78.2 cm³/mol. The van der Waals surface area contributed by atoms with Gasteiger partial charge in [-0.25, -0.2) is 0 Å². The van der Waals surface area contributed by atoms with E-state index in [0.717, 1.165) is 5.69 Å². The topological polar surface area (TPSA) is 63.0 Å². The van der Waals surface area contributed by atoms with Crippen molar-refractivity contribution in [2.45, 2.75) is 39.4 Å². The molecule has 0 saturated carbocycles. The minimum atomic E-state index is 0.178. The van der Waals surface area contributed by atoms with Gasteiger partial charge >= 0.3 is 0 Å².